The fraction of sp³-hybridized carbons (Fsp3) is 0.174. The number of aryl methyl sites for hydroxylation is 2. The maximum Gasteiger partial charge on any atom is 0.255 e. The quantitative estimate of drug-likeness (QED) is 0.593. The van der Waals surface area contributed by atoms with Crippen molar-refractivity contribution in [3.63, 3.8) is 0 Å². The Bertz CT molecular complexity index is 842. The Morgan fingerprint density at radius 1 is 0.885 bits per heavy atom. The van der Waals surface area contributed by atoms with Gasteiger partial charge in [0.15, 0.2) is 0 Å². The zero-order valence-corrected chi connectivity index (χ0v) is 14.9. The average molecular weight is 345 g/mol. The lowest BCUT2D eigenvalue weighted by Gasteiger charge is -2.09. The van der Waals surface area contributed by atoms with Crippen LogP contribution in [-0.4, -0.2) is 12.5 Å². The first-order valence-corrected chi connectivity index (χ1v) is 8.86. The Hall–Kier alpha value is -3.07. The van der Waals surface area contributed by atoms with Gasteiger partial charge in [0.1, 0.15) is 5.75 Å². The molecule has 0 spiro atoms. The molecule has 1 amide bonds. The van der Waals surface area contributed by atoms with Crippen LogP contribution in [0.3, 0.4) is 0 Å². The molecule has 0 heterocycles. The molecular weight excluding hydrogens is 322 g/mol. The summed E-state index contributed by atoms with van der Waals surface area (Å²) in [6.07, 6.45) is 1.97. The highest BCUT2D eigenvalue weighted by Gasteiger charge is 2.08. The van der Waals surface area contributed by atoms with Crippen LogP contribution in [0.4, 0.5) is 5.69 Å². The van der Waals surface area contributed by atoms with Crippen LogP contribution < -0.4 is 10.1 Å². The van der Waals surface area contributed by atoms with Gasteiger partial charge >= 0.3 is 0 Å². The second-order valence-electron chi connectivity index (χ2n) is 6.23. The number of anilines is 1. The summed E-state index contributed by atoms with van der Waals surface area (Å²) in [7, 11) is 0. The van der Waals surface area contributed by atoms with Crippen molar-refractivity contribution in [2.24, 2.45) is 0 Å². The molecule has 0 atom stereocenters. The van der Waals surface area contributed by atoms with E-state index in [9.17, 15) is 4.79 Å². The summed E-state index contributed by atoms with van der Waals surface area (Å²) in [4.78, 5) is 12.3. The molecule has 0 unspecified atom stereocenters. The lowest BCUT2D eigenvalue weighted by Crippen LogP contribution is -2.13. The normalized spacial score (nSPS) is 10.3. The van der Waals surface area contributed by atoms with Gasteiger partial charge in [-0.25, -0.2) is 0 Å². The van der Waals surface area contributed by atoms with Gasteiger partial charge in [-0.2, -0.15) is 0 Å². The van der Waals surface area contributed by atoms with Crippen molar-refractivity contribution < 1.29 is 9.53 Å². The molecule has 0 aliphatic heterocycles. The van der Waals surface area contributed by atoms with E-state index in [2.05, 4.69) is 29.6 Å². The lowest BCUT2D eigenvalue weighted by molar-refractivity contribution is 0.102. The minimum Gasteiger partial charge on any atom is -0.494 e. The van der Waals surface area contributed by atoms with Crippen molar-refractivity contribution in [2.75, 3.05) is 11.9 Å². The second-order valence-corrected chi connectivity index (χ2v) is 6.23. The van der Waals surface area contributed by atoms with Crippen LogP contribution in [-0.2, 0) is 6.42 Å². The Morgan fingerprint density at radius 2 is 1.58 bits per heavy atom. The van der Waals surface area contributed by atoms with Gasteiger partial charge in [-0.3, -0.25) is 4.79 Å². The third-order valence-electron chi connectivity index (χ3n) is 4.22. The SMILES string of the molecule is Cc1ccccc1C(=O)Nc1ccc(OCCCc2ccccc2)cc1. The van der Waals surface area contributed by atoms with E-state index in [4.69, 9.17) is 4.74 Å². The Labute approximate surface area is 154 Å². The Kier molecular flexibility index (Phi) is 6.05. The van der Waals surface area contributed by atoms with E-state index in [1.807, 2.05) is 61.5 Å². The summed E-state index contributed by atoms with van der Waals surface area (Å²) in [6.45, 7) is 2.60. The molecule has 3 nitrogen and oxygen atoms in total. The number of hydrogen-bond donors (Lipinski definition) is 1. The van der Waals surface area contributed by atoms with Crippen LogP contribution in [0.5, 0.6) is 5.75 Å². The summed E-state index contributed by atoms with van der Waals surface area (Å²) in [5, 5.41) is 2.92. The number of nitrogens with one attached hydrogen (secondary N) is 1. The molecule has 0 aliphatic rings. The van der Waals surface area contributed by atoms with Crippen molar-refractivity contribution in [2.45, 2.75) is 19.8 Å². The number of ether oxygens (including phenoxy) is 1. The zero-order chi connectivity index (χ0) is 18.2. The number of benzene rings is 3. The highest BCUT2D eigenvalue weighted by Crippen LogP contribution is 2.18. The first-order chi connectivity index (χ1) is 12.7. The summed E-state index contributed by atoms with van der Waals surface area (Å²) in [6, 6.07) is 25.5. The molecule has 132 valence electrons. The van der Waals surface area contributed by atoms with Crippen molar-refractivity contribution in [1.82, 2.24) is 0 Å². The molecule has 0 bridgehead atoms. The Balaban J connectivity index is 1.47. The van der Waals surface area contributed by atoms with Crippen molar-refractivity contribution in [3.8, 4) is 5.75 Å². The van der Waals surface area contributed by atoms with E-state index in [0.29, 0.717) is 12.2 Å². The van der Waals surface area contributed by atoms with E-state index in [1.165, 1.54) is 5.56 Å². The molecule has 0 saturated heterocycles. The van der Waals surface area contributed by atoms with E-state index in [-0.39, 0.29) is 5.91 Å². The number of hydrogen-bond acceptors (Lipinski definition) is 2. The molecule has 26 heavy (non-hydrogen) atoms. The lowest BCUT2D eigenvalue weighted by atomic mass is 10.1. The molecule has 0 fully saturated rings. The molecule has 3 rings (SSSR count). The first-order valence-electron chi connectivity index (χ1n) is 8.86. The van der Waals surface area contributed by atoms with Gasteiger partial charge in [-0.15, -0.1) is 0 Å². The summed E-state index contributed by atoms with van der Waals surface area (Å²) < 4.78 is 5.78. The molecule has 3 aromatic rings. The molecule has 1 N–H and O–H groups in total. The molecule has 0 saturated carbocycles. The van der Waals surface area contributed by atoms with Gasteiger partial charge in [-0.05, 0) is 61.2 Å². The molecule has 0 radical (unpaired) electrons. The fourth-order valence-corrected chi connectivity index (χ4v) is 2.77. The second kappa shape index (κ2) is 8.86. The van der Waals surface area contributed by atoms with Crippen molar-refractivity contribution in [1.29, 1.82) is 0 Å². The predicted molar refractivity (Wildman–Crippen MR) is 106 cm³/mol. The van der Waals surface area contributed by atoms with Gasteiger partial charge in [0.25, 0.3) is 5.91 Å². The highest BCUT2D eigenvalue weighted by atomic mass is 16.5. The van der Waals surface area contributed by atoms with Crippen LogP contribution in [0.1, 0.15) is 27.9 Å². The number of rotatable bonds is 7. The summed E-state index contributed by atoms with van der Waals surface area (Å²) >= 11 is 0. The van der Waals surface area contributed by atoms with Gasteiger partial charge in [0.05, 0.1) is 6.61 Å². The van der Waals surface area contributed by atoms with Crippen LogP contribution in [0.2, 0.25) is 0 Å². The summed E-state index contributed by atoms with van der Waals surface area (Å²) in [5.74, 6) is 0.714. The molecule has 0 aliphatic carbocycles. The highest BCUT2D eigenvalue weighted by molar-refractivity contribution is 6.05. The number of carbonyl (C=O) groups is 1. The van der Waals surface area contributed by atoms with E-state index in [1.54, 1.807) is 0 Å². The fourth-order valence-electron chi connectivity index (χ4n) is 2.77. The molecule has 3 aromatic carbocycles. The third-order valence-corrected chi connectivity index (χ3v) is 4.22. The first kappa shape index (κ1) is 17.7. The van der Waals surface area contributed by atoms with E-state index in [0.717, 1.165) is 29.8 Å². The third kappa shape index (κ3) is 4.96. The van der Waals surface area contributed by atoms with Crippen molar-refractivity contribution in [3.05, 3.63) is 95.6 Å². The minimum atomic E-state index is -0.0976. The van der Waals surface area contributed by atoms with Gasteiger partial charge < -0.3 is 10.1 Å². The van der Waals surface area contributed by atoms with Gasteiger partial charge in [0, 0.05) is 11.3 Å². The minimum absolute atomic E-state index is 0.0976. The van der Waals surface area contributed by atoms with Crippen LogP contribution in [0.25, 0.3) is 0 Å². The maximum absolute atomic E-state index is 12.3. The van der Waals surface area contributed by atoms with E-state index >= 15 is 0 Å². The topological polar surface area (TPSA) is 38.3 Å². The van der Waals surface area contributed by atoms with E-state index < -0.39 is 0 Å². The van der Waals surface area contributed by atoms with Gasteiger partial charge in [0.2, 0.25) is 0 Å². The molecule has 0 aromatic heterocycles. The molecular formula is C23H23NO2. The number of amides is 1. The van der Waals surface area contributed by atoms with Crippen molar-refractivity contribution >= 4 is 11.6 Å². The molecule has 3 heteroatoms. The van der Waals surface area contributed by atoms with Crippen LogP contribution in [0.15, 0.2) is 78.9 Å². The predicted octanol–water partition coefficient (Wildman–Crippen LogP) is 5.26. The monoisotopic (exact) mass is 345 g/mol. The average Bonchev–Trinajstić information content (AvgIpc) is 2.67. The zero-order valence-electron chi connectivity index (χ0n) is 14.9. The smallest absolute Gasteiger partial charge is 0.255 e. The van der Waals surface area contributed by atoms with Crippen LogP contribution in [0, 0.1) is 6.92 Å². The maximum atomic E-state index is 12.3. The summed E-state index contributed by atoms with van der Waals surface area (Å²) in [5.41, 5.74) is 3.73. The largest absolute Gasteiger partial charge is 0.494 e. The standard InChI is InChI=1S/C23H23NO2/c1-18-8-5-6-12-22(18)23(25)24-20-13-15-21(16-14-20)26-17-7-11-19-9-3-2-4-10-19/h2-6,8-10,12-16H,7,11,17H2,1H3,(H,24,25). The number of carbonyl (C=O) groups excluding carboxylic acids is 1. The van der Waals surface area contributed by atoms with Gasteiger partial charge in [-0.1, -0.05) is 48.5 Å². The Morgan fingerprint density at radius 3 is 2.31 bits per heavy atom. The van der Waals surface area contributed by atoms with Crippen LogP contribution >= 0.6 is 0 Å².